The van der Waals surface area contributed by atoms with Crippen molar-refractivity contribution in [1.29, 1.82) is 0 Å². The lowest BCUT2D eigenvalue weighted by molar-refractivity contribution is -0.119. The molecule has 0 saturated heterocycles. The van der Waals surface area contributed by atoms with Crippen molar-refractivity contribution in [3.8, 4) is 0 Å². The normalized spacial score (nSPS) is 13.4. The summed E-state index contributed by atoms with van der Waals surface area (Å²) in [4.78, 5) is 11.5. The second-order valence-corrected chi connectivity index (χ2v) is 7.48. The van der Waals surface area contributed by atoms with Crippen LogP contribution in [0.4, 0.5) is 8.78 Å². The number of carbonyl (C=O) groups is 1. The van der Waals surface area contributed by atoms with Gasteiger partial charge in [-0.3, -0.25) is 4.79 Å². The van der Waals surface area contributed by atoms with Gasteiger partial charge in [0.25, 0.3) is 0 Å². The minimum atomic E-state index is -0.645. The number of hydrogen-bond acceptors (Lipinski definition) is 3. The quantitative estimate of drug-likeness (QED) is 0.617. The maximum absolute atomic E-state index is 13.5. The van der Waals surface area contributed by atoms with E-state index >= 15 is 0 Å². The van der Waals surface area contributed by atoms with E-state index in [1.165, 1.54) is 24.6 Å². The van der Waals surface area contributed by atoms with Gasteiger partial charge < -0.3 is 16.4 Å². The lowest BCUT2D eigenvalue weighted by Gasteiger charge is -2.25. The number of benzene rings is 2. The topological polar surface area (TPSA) is 67.2 Å². The molecule has 0 aliphatic rings. The largest absolute Gasteiger partial charge is 0.352 e. The van der Waals surface area contributed by atoms with E-state index in [0.29, 0.717) is 24.6 Å². The molecule has 2 atom stereocenters. The van der Waals surface area contributed by atoms with Crippen LogP contribution in [0.25, 0.3) is 0 Å². The predicted octanol–water partition coefficient (Wildman–Crippen LogP) is 3.25. The Bertz CT molecular complexity index is 775. The Morgan fingerprint density at radius 2 is 1.75 bits per heavy atom. The molecule has 2 aromatic carbocycles. The number of rotatable bonds is 9. The number of amides is 1. The summed E-state index contributed by atoms with van der Waals surface area (Å²) in [6.45, 7) is 6.80. The Kier molecular flexibility index (Phi) is 8.08. The van der Waals surface area contributed by atoms with Gasteiger partial charge in [-0.05, 0) is 41.2 Å². The molecule has 0 heterocycles. The molecule has 6 heteroatoms. The fourth-order valence-corrected chi connectivity index (χ4v) is 3.14. The van der Waals surface area contributed by atoms with Gasteiger partial charge >= 0.3 is 0 Å². The zero-order valence-corrected chi connectivity index (χ0v) is 16.6. The molecule has 0 fully saturated rings. The van der Waals surface area contributed by atoms with Crippen LogP contribution in [0.1, 0.15) is 43.4 Å². The Labute approximate surface area is 165 Å². The fraction of sp³-hybridized carbons (Fsp3) is 0.409. The van der Waals surface area contributed by atoms with Gasteiger partial charge in [-0.15, -0.1) is 0 Å². The molecule has 2 aromatic rings. The number of halogens is 2. The number of nitrogens with one attached hydrogen (secondary N) is 2. The molecule has 4 N–H and O–H groups in total. The summed E-state index contributed by atoms with van der Waals surface area (Å²) < 4.78 is 26.9. The third-order valence-electron chi connectivity index (χ3n) is 4.61. The number of nitrogens with two attached hydrogens (primary N) is 1. The summed E-state index contributed by atoms with van der Waals surface area (Å²) >= 11 is 0. The summed E-state index contributed by atoms with van der Waals surface area (Å²) in [6.07, 6.45) is 0.250. The first-order valence-corrected chi connectivity index (χ1v) is 9.51. The van der Waals surface area contributed by atoms with E-state index < -0.39 is 23.7 Å². The van der Waals surface area contributed by atoms with Gasteiger partial charge in [0.2, 0.25) is 5.91 Å². The van der Waals surface area contributed by atoms with E-state index in [1.807, 2.05) is 12.1 Å². The molecular formula is C22H29F2N3O. The highest BCUT2D eigenvalue weighted by Crippen LogP contribution is 2.15. The van der Waals surface area contributed by atoms with Gasteiger partial charge in [-0.1, -0.05) is 38.1 Å². The molecular weight excluding hydrogens is 360 g/mol. The van der Waals surface area contributed by atoms with Crippen LogP contribution in [0, 0.1) is 11.6 Å². The van der Waals surface area contributed by atoms with E-state index in [-0.39, 0.29) is 12.3 Å². The Balaban J connectivity index is 1.97. The van der Waals surface area contributed by atoms with Crippen LogP contribution in [0.5, 0.6) is 0 Å². The van der Waals surface area contributed by atoms with Crippen LogP contribution in [0.3, 0.4) is 0 Å². The van der Waals surface area contributed by atoms with E-state index in [4.69, 9.17) is 5.73 Å². The second-order valence-electron chi connectivity index (χ2n) is 7.48. The van der Waals surface area contributed by atoms with Crippen molar-refractivity contribution >= 4 is 5.91 Å². The lowest BCUT2D eigenvalue weighted by atomic mass is 9.99. The van der Waals surface area contributed by atoms with Crippen LogP contribution in [0.2, 0.25) is 0 Å². The monoisotopic (exact) mass is 389 g/mol. The number of carbonyl (C=O) groups excluding carboxylic acids is 1. The zero-order valence-electron chi connectivity index (χ0n) is 16.6. The smallest absolute Gasteiger partial charge is 0.217 e. The standard InChI is InChI=1S/C22H29F2N3O/c1-14(2)18-6-4-5-16(7-18)12-26-13-21(25)22(27-15(3)28)10-17-8-19(23)11-20(24)9-17/h4-9,11,14,21-22,26H,10,12-13,25H2,1-3H3,(H,27,28)/t21-,22-/m0/s1. The van der Waals surface area contributed by atoms with Gasteiger partial charge in [0.1, 0.15) is 11.6 Å². The molecule has 0 aliphatic heterocycles. The van der Waals surface area contributed by atoms with Gasteiger partial charge in [0.05, 0.1) is 0 Å². The summed E-state index contributed by atoms with van der Waals surface area (Å²) in [7, 11) is 0. The molecule has 0 aromatic heterocycles. The molecule has 0 unspecified atom stereocenters. The van der Waals surface area contributed by atoms with Crippen molar-refractivity contribution < 1.29 is 13.6 Å². The summed E-state index contributed by atoms with van der Waals surface area (Å²) in [5, 5.41) is 6.10. The molecule has 1 amide bonds. The van der Waals surface area contributed by atoms with Gasteiger partial charge in [0, 0.05) is 38.2 Å². The highest BCUT2D eigenvalue weighted by atomic mass is 19.1. The van der Waals surface area contributed by atoms with Crippen LogP contribution in [-0.4, -0.2) is 24.5 Å². The molecule has 0 aliphatic carbocycles. The summed E-state index contributed by atoms with van der Waals surface area (Å²) in [5.41, 5.74) is 9.15. The molecule has 0 bridgehead atoms. The van der Waals surface area contributed by atoms with Crippen molar-refractivity contribution in [2.24, 2.45) is 5.73 Å². The summed E-state index contributed by atoms with van der Waals surface area (Å²) in [5.74, 6) is -1.07. The van der Waals surface area contributed by atoms with Crippen LogP contribution in [-0.2, 0) is 17.8 Å². The van der Waals surface area contributed by atoms with Crippen molar-refractivity contribution in [2.45, 2.75) is 51.7 Å². The molecule has 152 valence electrons. The highest BCUT2D eigenvalue weighted by Gasteiger charge is 2.20. The Morgan fingerprint density at radius 3 is 2.36 bits per heavy atom. The van der Waals surface area contributed by atoms with Crippen LogP contribution < -0.4 is 16.4 Å². The van der Waals surface area contributed by atoms with Gasteiger partial charge in [-0.25, -0.2) is 8.78 Å². The third kappa shape index (κ3) is 7.02. The summed E-state index contributed by atoms with van der Waals surface area (Å²) in [6, 6.07) is 10.8. The minimum Gasteiger partial charge on any atom is -0.352 e. The first kappa shape index (κ1) is 22.0. The van der Waals surface area contributed by atoms with Crippen molar-refractivity contribution in [3.63, 3.8) is 0 Å². The van der Waals surface area contributed by atoms with Gasteiger partial charge in [-0.2, -0.15) is 0 Å². The molecule has 28 heavy (non-hydrogen) atoms. The van der Waals surface area contributed by atoms with E-state index in [0.717, 1.165) is 11.6 Å². The molecule has 4 nitrogen and oxygen atoms in total. The van der Waals surface area contributed by atoms with Crippen molar-refractivity contribution in [3.05, 3.63) is 70.8 Å². The molecule has 0 spiro atoms. The van der Waals surface area contributed by atoms with Gasteiger partial charge in [0.15, 0.2) is 0 Å². The number of hydrogen-bond donors (Lipinski definition) is 3. The van der Waals surface area contributed by atoms with Crippen LogP contribution in [0.15, 0.2) is 42.5 Å². The maximum Gasteiger partial charge on any atom is 0.217 e. The van der Waals surface area contributed by atoms with E-state index in [2.05, 4.69) is 36.6 Å². The Morgan fingerprint density at radius 1 is 1.07 bits per heavy atom. The van der Waals surface area contributed by atoms with Crippen molar-refractivity contribution in [2.75, 3.05) is 6.54 Å². The SMILES string of the molecule is CC(=O)N[C@@H](Cc1cc(F)cc(F)c1)[C@@H](N)CNCc1cccc(C(C)C)c1. The van der Waals surface area contributed by atoms with Crippen molar-refractivity contribution in [1.82, 2.24) is 10.6 Å². The first-order chi connectivity index (χ1) is 13.2. The lowest BCUT2D eigenvalue weighted by Crippen LogP contribution is -2.52. The Hall–Kier alpha value is -2.31. The predicted molar refractivity (Wildman–Crippen MR) is 108 cm³/mol. The minimum absolute atomic E-state index is 0.234. The zero-order chi connectivity index (χ0) is 20.7. The second kappa shape index (κ2) is 10.3. The van der Waals surface area contributed by atoms with E-state index in [1.54, 1.807) is 0 Å². The fourth-order valence-electron chi connectivity index (χ4n) is 3.14. The maximum atomic E-state index is 13.5. The molecule has 2 rings (SSSR count). The average Bonchev–Trinajstić information content (AvgIpc) is 2.60. The highest BCUT2D eigenvalue weighted by molar-refractivity contribution is 5.73. The molecule has 0 radical (unpaired) electrons. The van der Waals surface area contributed by atoms with E-state index in [9.17, 15) is 13.6 Å². The average molecular weight is 389 g/mol. The molecule has 0 saturated carbocycles. The first-order valence-electron chi connectivity index (χ1n) is 9.51. The van der Waals surface area contributed by atoms with Crippen LogP contribution >= 0.6 is 0 Å². The third-order valence-corrected chi connectivity index (χ3v) is 4.61.